The van der Waals surface area contributed by atoms with Gasteiger partial charge in [-0.1, -0.05) is 25.7 Å². The Labute approximate surface area is 114 Å². The van der Waals surface area contributed by atoms with Crippen LogP contribution in [0, 0.1) is 11.3 Å². The van der Waals surface area contributed by atoms with E-state index in [1.165, 1.54) is 12.8 Å². The summed E-state index contributed by atoms with van der Waals surface area (Å²) >= 11 is 0. The molecule has 0 spiro atoms. The first-order valence-corrected chi connectivity index (χ1v) is 7.30. The Kier molecular flexibility index (Phi) is 4.32. The Morgan fingerprint density at radius 3 is 2.47 bits per heavy atom. The van der Waals surface area contributed by atoms with E-state index in [0.29, 0.717) is 12.8 Å². The van der Waals surface area contributed by atoms with Gasteiger partial charge in [-0.3, -0.25) is 4.79 Å². The lowest BCUT2D eigenvalue weighted by Gasteiger charge is -2.24. The molecular formula is C14H24N2O3. The van der Waals surface area contributed by atoms with Gasteiger partial charge in [0.15, 0.2) is 0 Å². The van der Waals surface area contributed by atoms with Gasteiger partial charge in [-0.25, -0.2) is 4.79 Å². The molecule has 2 aliphatic carbocycles. The Hall–Kier alpha value is -1.26. The van der Waals surface area contributed by atoms with Gasteiger partial charge in [0.1, 0.15) is 0 Å². The molecule has 0 aromatic heterocycles. The van der Waals surface area contributed by atoms with E-state index in [2.05, 4.69) is 10.6 Å². The van der Waals surface area contributed by atoms with Crippen LogP contribution >= 0.6 is 0 Å². The Balaban J connectivity index is 1.73. The molecule has 0 bridgehead atoms. The summed E-state index contributed by atoms with van der Waals surface area (Å²) in [6, 6.07) is -0.0717. The summed E-state index contributed by atoms with van der Waals surface area (Å²) in [5, 5.41) is 14.9. The largest absolute Gasteiger partial charge is 0.481 e. The van der Waals surface area contributed by atoms with Gasteiger partial charge in [0.25, 0.3) is 0 Å². The predicted octanol–water partition coefficient (Wildman–Crippen LogP) is 2.12. The van der Waals surface area contributed by atoms with E-state index in [-0.39, 0.29) is 18.6 Å². The highest BCUT2D eigenvalue weighted by Crippen LogP contribution is 2.37. The summed E-state index contributed by atoms with van der Waals surface area (Å²) < 4.78 is 0. The van der Waals surface area contributed by atoms with Gasteiger partial charge in [0, 0.05) is 12.6 Å². The van der Waals surface area contributed by atoms with E-state index in [1.54, 1.807) is 0 Å². The number of carboxylic acid groups (broad SMARTS) is 1. The van der Waals surface area contributed by atoms with Gasteiger partial charge < -0.3 is 15.7 Å². The summed E-state index contributed by atoms with van der Waals surface area (Å²) in [7, 11) is 0. The molecule has 2 aliphatic rings. The van der Waals surface area contributed by atoms with Gasteiger partial charge in [0.05, 0.1) is 5.41 Å². The number of hydrogen-bond donors (Lipinski definition) is 3. The van der Waals surface area contributed by atoms with Gasteiger partial charge >= 0.3 is 12.0 Å². The molecule has 2 saturated carbocycles. The average Bonchev–Trinajstić information content (AvgIpc) is 3.01. The summed E-state index contributed by atoms with van der Waals surface area (Å²) in [5.41, 5.74) is -0.739. The normalized spacial score (nSPS) is 22.8. The second kappa shape index (κ2) is 5.80. The molecule has 19 heavy (non-hydrogen) atoms. The van der Waals surface area contributed by atoms with Gasteiger partial charge in [-0.15, -0.1) is 0 Å². The SMILES string of the molecule is CC(CC1CC1)NC(=O)NCC1(C(=O)O)CCCC1. The number of hydrogen-bond acceptors (Lipinski definition) is 2. The van der Waals surface area contributed by atoms with E-state index >= 15 is 0 Å². The zero-order chi connectivity index (χ0) is 13.9. The molecule has 2 amide bonds. The molecule has 0 heterocycles. The van der Waals surface area contributed by atoms with Gasteiger partial charge in [-0.2, -0.15) is 0 Å². The van der Waals surface area contributed by atoms with Crippen LogP contribution in [0.2, 0.25) is 0 Å². The van der Waals surface area contributed by atoms with Crippen molar-refractivity contribution in [3.63, 3.8) is 0 Å². The van der Waals surface area contributed by atoms with Crippen molar-refractivity contribution in [2.45, 2.75) is 57.9 Å². The second-order valence-electron chi connectivity index (χ2n) is 6.20. The summed E-state index contributed by atoms with van der Waals surface area (Å²) in [6.45, 7) is 2.24. The number of amides is 2. The third-order valence-corrected chi connectivity index (χ3v) is 4.36. The minimum Gasteiger partial charge on any atom is -0.481 e. The number of carbonyl (C=O) groups excluding carboxylic acids is 1. The molecule has 0 radical (unpaired) electrons. The maximum atomic E-state index is 11.8. The first-order valence-electron chi connectivity index (χ1n) is 7.30. The Bertz CT molecular complexity index is 347. The number of urea groups is 1. The third kappa shape index (κ3) is 3.85. The molecule has 1 atom stereocenters. The molecule has 0 aliphatic heterocycles. The van der Waals surface area contributed by atoms with Crippen LogP contribution in [0.15, 0.2) is 0 Å². The maximum absolute atomic E-state index is 11.8. The average molecular weight is 268 g/mol. The molecule has 5 nitrogen and oxygen atoms in total. The number of rotatable bonds is 6. The molecule has 1 unspecified atom stereocenters. The van der Waals surface area contributed by atoms with Crippen LogP contribution in [-0.4, -0.2) is 29.7 Å². The fraction of sp³-hybridized carbons (Fsp3) is 0.857. The fourth-order valence-electron chi connectivity index (χ4n) is 2.95. The van der Waals surface area contributed by atoms with Crippen molar-refractivity contribution in [2.24, 2.45) is 11.3 Å². The van der Waals surface area contributed by atoms with E-state index in [0.717, 1.165) is 25.2 Å². The van der Waals surface area contributed by atoms with Crippen LogP contribution in [0.3, 0.4) is 0 Å². The topological polar surface area (TPSA) is 78.4 Å². The molecule has 5 heteroatoms. The lowest BCUT2D eigenvalue weighted by atomic mass is 9.86. The second-order valence-corrected chi connectivity index (χ2v) is 6.20. The zero-order valence-corrected chi connectivity index (χ0v) is 11.6. The number of carbonyl (C=O) groups is 2. The lowest BCUT2D eigenvalue weighted by Crippen LogP contribution is -2.47. The van der Waals surface area contributed by atoms with Crippen molar-refractivity contribution in [3.8, 4) is 0 Å². The van der Waals surface area contributed by atoms with Crippen molar-refractivity contribution in [1.29, 1.82) is 0 Å². The summed E-state index contributed by atoms with van der Waals surface area (Å²) in [4.78, 5) is 23.1. The smallest absolute Gasteiger partial charge is 0.315 e. The highest BCUT2D eigenvalue weighted by Gasteiger charge is 2.41. The van der Waals surface area contributed by atoms with Crippen LogP contribution in [-0.2, 0) is 4.79 Å². The highest BCUT2D eigenvalue weighted by atomic mass is 16.4. The molecule has 0 aromatic rings. The maximum Gasteiger partial charge on any atom is 0.315 e. The standard InChI is InChI=1S/C14H24N2O3/c1-10(8-11-4-5-11)16-13(19)15-9-14(12(17)18)6-2-3-7-14/h10-11H,2-9H2,1H3,(H,17,18)(H2,15,16,19). The monoisotopic (exact) mass is 268 g/mol. The van der Waals surface area contributed by atoms with Crippen LogP contribution < -0.4 is 10.6 Å². The van der Waals surface area contributed by atoms with Gasteiger partial charge in [-0.05, 0) is 32.1 Å². The first kappa shape index (κ1) is 14.2. The van der Waals surface area contributed by atoms with Crippen molar-refractivity contribution in [3.05, 3.63) is 0 Å². The van der Waals surface area contributed by atoms with Crippen molar-refractivity contribution >= 4 is 12.0 Å². The van der Waals surface area contributed by atoms with E-state index < -0.39 is 11.4 Å². The Morgan fingerprint density at radius 2 is 1.95 bits per heavy atom. The van der Waals surface area contributed by atoms with E-state index in [9.17, 15) is 14.7 Å². The molecule has 2 fully saturated rings. The molecule has 0 saturated heterocycles. The van der Waals surface area contributed by atoms with Crippen LogP contribution in [0.4, 0.5) is 4.79 Å². The van der Waals surface area contributed by atoms with Crippen LogP contribution in [0.1, 0.15) is 51.9 Å². The predicted molar refractivity (Wildman–Crippen MR) is 71.9 cm³/mol. The molecule has 2 rings (SSSR count). The van der Waals surface area contributed by atoms with E-state index in [1.807, 2.05) is 6.92 Å². The third-order valence-electron chi connectivity index (χ3n) is 4.36. The van der Waals surface area contributed by atoms with Crippen LogP contribution in [0.25, 0.3) is 0 Å². The molecule has 0 aromatic carbocycles. The minimum atomic E-state index is -0.781. The molecule has 3 N–H and O–H groups in total. The summed E-state index contributed by atoms with van der Waals surface area (Å²) in [5.74, 6) is -0.00757. The summed E-state index contributed by atoms with van der Waals surface area (Å²) in [6.07, 6.45) is 6.78. The van der Waals surface area contributed by atoms with E-state index in [4.69, 9.17) is 0 Å². The van der Waals surface area contributed by atoms with Crippen LogP contribution in [0.5, 0.6) is 0 Å². The zero-order valence-electron chi connectivity index (χ0n) is 11.6. The molecule has 108 valence electrons. The minimum absolute atomic E-state index is 0.164. The first-order chi connectivity index (χ1) is 9.02. The Morgan fingerprint density at radius 1 is 1.32 bits per heavy atom. The number of carboxylic acids is 1. The lowest BCUT2D eigenvalue weighted by molar-refractivity contribution is -0.148. The van der Waals surface area contributed by atoms with Crippen molar-refractivity contribution in [2.75, 3.05) is 6.54 Å². The molecular weight excluding hydrogens is 244 g/mol. The highest BCUT2D eigenvalue weighted by molar-refractivity contribution is 5.78. The number of nitrogens with one attached hydrogen (secondary N) is 2. The van der Waals surface area contributed by atoms with Gasteiger partial charge in [0.2, 0.25) is 0 Å². The number of aliphatic carboxylic acids is 1. The van der Waals surface area contributed by atoms with Crippen molar-refractivity contribution < 1.29 is 14.7 Å². The quantitative estimate of drug-likeness (QED) is 0.690. The van der Waals surface area contributed by atoms with Crippen molar-refractivity contribution in [1.82, 2.24) is 10.6 Å². The fourth-order valence-corrected chi connectivity index (χ4v) is 2.95.